The molecule has 0 aliphatic carbocycles. The van der Waals surface area contributed by atoms with Gasteiger partial charge in [-0.05, 0) is 42.5 Å². The van der Waals surface area contributed by atoms with E-state index in [0.29, 0.717) is 21.6 Å². The van der Waals surface area contributed by atoms with Gasteiger partial charge in [0.25, 0.3) is 5.56 Å². The number of aromatic nitrogens is 2. The summed E-state index contributed by atoms with van der Waals surface area (Å²) in [4.78, 5) is 28.7. The van der Waals surface area contributed by atoms with E-state index in [0.717, 1.165) is 4.47 Å². The Bertz CT molecular complexity index is 954. The van der Waals surface area contributed by atoms with Crippen LogP contribution in [0, 0.1) is 0 Å². The van der Waals surface area contributed by atoms with Crippen LogP contribution < -0.4 is 10.9 Å². The Morgan fingerprint density at radius 2 is 1.96 bits per heavy atom. The molecule has 0 atom stereocenters. The molecule has 7 heteroatoms. The lowest BCUT2D eigenvalue weighted by atomic mass is 10.2. The van der Waals surface area contributed by atoms with Crippen molar-refractivity contribution >= 4 is 50.0 Å². The number of benzene rings is 2. The lowest BCUT2D eigenvalue weighted by Gasteiger charge is -2.08. The van der Waals surface area contributed by atoms with Gasteiger partial charge in [0.1, 0.15) is 0 Å². The Hall–Kier alpha value is -2.18. The number of anilines is 1. The van der Waals surface area contributed by atoms with E-state index in [9.17, 15) is 9.59 Å². The Morgan fingerprint density at radius 1 is 1.21 bits per heavy atom. The monoisotopic (exact) mass is 405 g/mol. The van der Waals surface area contributed by atoms with Crippen molar-refractivity contribution in [3.05, 3.63) is 68.6 Å². The van der Waals surface area contributed by atoms with E-state index in [4.69, 9.17) is 11.6 Å². The minimum Gasteiger partial charge on any atom is -0.326 e. The third-order valence-electron chi connectivity index (χ3n) is 3.49. The van der Waals surface area contributed by atoms with Crippen LogP contribution in [-0.2, 0) is 11.3 Å². The summed E-state index contributed by atoms with van der Waals surface area (Å²) < 4.78 is 2.35. The molecule has 0 bridgehead atoms. The number of aryl methyl sites for hydroxylation is 1. The number of hydrogen-bond acceptors (Lipinski definition) is 3. The van der Waals surface area contributed by atoms with E-state index in [1.165, 1.54) is 10.9 Å². The maximum atomic E-state index is 12.4. The Morgan fingerprint density at radius 3 is 2.71 bits per heavy atom. The Kier molecular flexibility index (Phi) is 4.97. The van der Waals surface area contributed by atoms with Crippen molar-refractivity contribution in [2.75, 3.05) is 5.32 Å². The summed E-state index contributed by atoms with van der Waals surface area (Å²) in [7, 11) is 0. The second-order valence-corrected chi connectivity index (χ2v) is 6.56. The molecule has 0 unspecified atom stereocenters. The third kappa shape index (κ3) is 3.83. The smallest absolute Gasteiger partial charge is 0.261 e. The molecule has 0 saturated heterocycles. The first kappa shape index (κ1) is 16.7. The van der Waals surface area contributed by atoms with Crippen LogP contribution in [0.3, 0.4) is 0 Å². The molecule has 2 aromatic carbocycles. The van der Waals surface area contributed by atoms with Gasteiger partial charge in [-0.3, -0.25) is 14.2 Å². The van der Waals surface area contributed by atoms with Gasteiger partial charge in [0.2, 0.25) is 5.91 Å². The molecule has 0 aliphatic heterocycles. The third-order valence-corrected chi connectivity index (χ3v) is 4.26. The normalized spacial score (nSPS) is 10.8. The van der Waals surface area contributed by atoms with Crippen molar-refractivity contribution in [3.8, 4) is 0 Å². The molecular formula is C17H13BrClN3O2. The van der Waals surface area contributed by atoms with Gasteiger partial charge in [-0.25, -0.2) is 4.98 Å². The van der Waals surface area contributed by atoms with Gasteiger partial charge in [-0.15, -0.1) is 0 Å². The van der Waals surface area contributed by atoms with Gasteiger partial charge in [0.15, 0.2) is 0 Å². The van der Waals surface area contributed by atoms with Crippen LogP contribution in [0.4, 0.5) is 5.69 Å². The maximum Gasteiger partial charge on any atom is 0.261 e. The van der Waals surface area contributed by atoms with Crippen molar-refractivity contribution in [3.63, 3.8) is 0 Å². The van der Waals surface area contributed by atoms with Crippen molar-refractivity contribution < 1.29 is 4.79 Å². The number of fused-ring (bicyclic) bond motifs is 1. The molecule has 3 rings (SSSR count). The van der Waals surface area contributed by atoms with Crippen LogP contribution in [0.15, 0.2) is 58.1 Å². The first-order valence-corrected chi connectivity index (χ1v) is 8.40. The van der Waals surface area contributed by atoms with Gasteiger partial charge in [0.05, 0.1) is 17.2 Å². The highest BCUT2D eigenvalue weighted by molar-refractivity contribution is 9.10. The lowest BCUT2D eigenvalue weighted by Crippen LogP contribution is -2.23. The molecule has 5 nitrogen and oxygen atoms in total. The van der Waals surface area contributed by atoms with E-state index in [1.807, 2.05) is 12.1 Å². The van der Waals surface area contributed by atoms with Gasteiger partial charge >= 0.3 is 0 Å². The molecule has 3 aromatic rings. The van der Waals surface area contributed by atoms with Crippen LogP contribution in [0.1, 0.15) is 6.42 Å². The summed E-state index contributed by atoms with van der Waals surface area (Å²) >= 11 is 9.27. The van der Waals surface area contributed by atoms with Crippen LogP contribution >= 0.6 is 27.5 Å². The van der Waals surface area contributed by atoms with Crippen molar-refractivity contribution in [1.82, 2.24) is 9.55 Å². The minimum atomic E-state index is -0.209. The summed E-state index contributed by atoms with van der Waals surface area (Å²) in [5.41, 5.74) is 1.08. The van der Waals surface area contributed by atoms with Gasteiger partial charge in [-0.1, -0.05) is 27.5 Å². The average molecular weight is 407 g/mol. The Labute approximate surface area is 151 Å². The fourth-order valence-electron chi connectivity index (χ4n) is 2.27. The lowest BCUT2D eigenvalue weighted by molar-refractivity contribution is -0.116. The molecule has 122 valence electrons. The number of rotatable bonds is 4. The molecular weight excluding hydrogens is 394 g/mol. The maximum absolute atomic E-state index is 12.4. The highest BCUT2D eigenvalue weighted by Crippen LogP contribution is 2.15. The van der Waals surface area contributed by atoms with E-state index in [2.05, 4.69) is 26.2 Å². The topological polar surface area (TPSA) is 64.0 Å². The highest BCUT2D eigenvalue weighted by Gasteiger charge is 2.07. The quantitative estimate of drug-likeness (QED) is 0.716. The fourth-order valence-corrected chi connectivity index (χ4v) is 2.71. The first-order valence-electron chi connectivity index (χ1n) is 7.23. The number of carbonyl (C=O) groups is 1. The van der Waals surface area contributed by atoms with E-state index in [-0.39, 0.29) is 24.4 Å². The van der Waals surface area contributed by atoms with Crippen LogP contribution in [-0.4, -0.2) is 15.5 Å². The number of amides is 1. The van der Waals surface area contributed by atoms with Crippen molar-refractivity contribution in [1.29, 1.82) is 0 Å². The van der Waals surface area contributed by atoms with E-state index < -0.39 is 0 Å². The summed E-state index contributed by atoms with van der Waals surface area (Å²) in [6, 6.07) is 12.3. The minimum absolute atomic E-state index is 0.170. The number of nitrogens with one attached hydrogen (secondary N) is 1. The molecule has 1 N–H and O–H groups in total. The highest BCUT2D eigenvalue weighted by atomic mass is 79.9. The average Bonchev–Trinajstić information content (AvgIpc) is 2.57. The number of halogens is 2. The molecule has 24 heavy (non-hydrogen) atoms. The van der Waals surface area contributed by atoms with Gasteiger partial charge in [-0.2, -0.15) is 0 Å². The molecule has 1 heterocycles. The molecule has 0 aliphatic rings. The summed E-state index contributed by atoms with van der Waals surface area (Å²) in [6.07, 6.45) is 1.62. The summed E-state index contributed by atoms with van der Waals surface area (Å²) in [5, 5.41) is 3.71. The molecule has 0 spiro atoms. The van der Waals surface area contributed by atoms with Crippen LogP contribution in [0.2, 0.25) is 5.02 Å². The predicted molar refractivity (Wildman–Crippen MR) is 98.4 cm³/mol. The predicted octanol–water partition coefficient (Wildman–Crippen LogP) is 3.84. The molecule has 1 aromatic heterocycles. The molecule has 1 amide bonds. The molecule has 0 fully saturated rings. The zero-order chi connectivity index (χ0) is 17.1. The number of hydrogen-bond donors (Lipinski definition) is 1. The fraction of sp³-hybridized carbons (Fsp3) is 0.118. The number of carbonyl (C=O) groups excluding carboxylic acids is 1. The first-order chi connectivity index (χ1) is 11.5. The zero-order valence-electron chi connectivity index (χ0n) is 12.5. The van der Waals surface area contributed by atoms with Crippen molar-refractivity contribution in [2.24, 2.45) is 0 Å². The second-order valence-electron chi connectivity index (χ2n) is 5.21. The molecule has 0 saturated carbocycles. The van der Waals surface area contributed by atoms with Crippen LogP contribution in [0.25, 0.3) is 10.9 Å². The summed E-state index contributed by atoms with van der Waals surface area (Å²) in [6.45, 7) is 0.247. The van der Waals surface area contributed by atoms with Gasteiger partial charge in [0, 0.05) is 28.1 Å². The SMILES string of the molecule is O=C(CCn1cnc2ccc(Cl)cc2c1=O)Nc1ccc(Br)cc1. The molecule has 0 radical (unpaired) electrons. The van der Waals surface area contributed by atoms with Crippen molar-refractivity contribution in [2.45, 2.75) is 13.0 Å². The van der Waals surface area contributed by atoms with Gasteiger partial charge < -0.3 is 5.32 Å². The number of nitrogens with zero attached hydrogens (tertiary/aromatic N) is 2. The van der Waals surface area contributed by atoms with E-state index >= 15 is 0 Å². The standard InChI is InChI=1S/C17H13BrClN3O2/c18-11-1-4-13(5-2-11)21-16(23)7-8-22-10-20-15-6-3-12(19)9-14(15)17(22)24/h1-6,9-10H,7-8H2,(H,21,23). The Balaban J connectivity index is 1.71. The largest absolute Gasteiger partial charge is 0.326 e. The zero-order valence-corrected chi connectivity index (χ0v) is 14.8. The van der Waals surface area contributed by atoms with Crippen LogP contribution in [0.5, 0.6) is 0 Å². The summed E-state index contributed by atoms with van der Waals surface area (Å²) in [5.74, 6) is -0.171. The second kappa shape index (κ2) is 7.15. The van der Waals surface area contributed by atoms with E-state index in [1.54, 1.807) is 30.3 Å².